The molecule has 0 aliphatic rings. The van der Waals surface area contributed by atoms with Crippen molar-refractivity contribution in [1.82, 2.24) is 15.1 Å². The third kappa shape index (κ3) is 3.63. The summed E-state index contributed by atoms with van der Waals surface area (Å²) in [6, 6.07) is 17.4. The fourth-order valence-electron chi connectivity index (χ4n) is 2.38. The lowest BCUT2D eigenvalue weighted by atomic mass is 10.1. The van der Waals surface area contributed by atoms with E-state index in [-0.39, 0.29) is 5.91 Å². The van der Waals surface area contributed by atoms with Gasteiger partial charge in [0.25, 0.3) is 5.91 Å². The van der Waals surface area contributed by atoms with Crippen molar-refractivity contribution in [3.8, 4) is 5.69 Å². The van der Waals surface area contributed by atoms with Crippen LogP contribution in [0.2, 0.25) is 0 Å². The molecule has 1 N–H and O–H groups in total. The molecule has 24 heavy (non-hydrogen) atoms. The second-order valence-corrected chi connectivity index (χ2v) is 5.74. The molecule has 0 saturated carbocycles. The van der Waals surface area contributed by atoms with Crippen molar-refractivity contribution in [3.63, 3.8) is 0 Å². The van der Waals surface area contributed by atoms with E-state index in [0.717, 1.165) is 16.9 Å². The highest BCUT2D eigenvalue weighted by atomic mass is 16.1. The molecule has 5 nitrogen and oxygen atoms in total. The van der Waals surface area contributed by atoms with Gasteiger partial charge in [0.15, 0.2) is 0 Å². The van der Waals surface area contributed by atoms with Crippen LogP contribution in [0.25, 0.3) is 5.69 Å². The molecule has 0 spiro atoms. The number of nitrogens with one attached hydrogen (secondary N) is 1. The maximum absolute atomic E-state index is 12.2. The van der Waals surface area contributed by atoms with Gasteiger partial charge in [-0.15, -0.1) is 0 Å². The molecular weight excluding hydrogens is 300 g/mol. The number of carbonyl (C=O) groups is 1. The minimum absolute atomic E-state index is 0.0845. The molecule has 5 heteroatoms. The molecule has 0 atom stereocenters. The minimum atomic E-state index is -0.0845. The topological polar surface area (TPSA) is 50.2 Å². The van der Waals surface area contributed by atoms with Crippen molar-refractivity contribution in [2.75, 3.05) is 19.0 Å². The van der Waals surface area contributed by atoms with E-state index in [1.165, 1.54) is 0 Å². The molecule has 2 aromatic carbocycles. The summed E-state index contributed by atoms with van der Waals surface area (Å²) < 4.78 is 1.76. The van der Waals surface area contributed by atoms with Crippen LogP contribution in [0.5, 0.6) is 0 Å². The number of hydrogen-bond acceptors (Lipinski definition) is 3. The van der Waals surface area contributed by atoms with Crippen LogP contribution in [-0.4, -0.2) is 29.8 Å². The summed E-state index contributed by atoms with van der Waals surface area (Å²) in [5.41, 5.74) is 3.77. The van der Waals surface area contributed by atoms with Gasteiger partial charge in [-0.3, -0.25) is 4.79 Å². The minimum Gasteiger partial charge on any atom is -0.378 e. The van der Waals surface area contributed by atoms with Gasteiger partial charge in [-0.2, -0.15) is 5.10 Å². The van der Waals surface area contributed by atoms with E-state index in [4.69, 9.17) is 0 Å². The molecule has 0 unspecified atom stereocenters. The number of anilines is 1. The third-order valence-corrected chi connectivity index (χ3v) is 3.80. The molecule has 0 radical (unpaired) electrons. The van der Waals surface area contributed by atoms with E-state index in [0.29, 0.717) is 12.1 Å². The van der Waals surface area contributed by atoms with Crippen LogP contribution in [0.4, 0.5) is 5.69 Å². The van der Waals surface area contributed by atoms with E-state index in [2.05, 4.69) is 10.4 Å². The summed E-state index contributed by atoms with van der Waals surface area (Å²) in [6.07, 6.45) is 3.59. The fraction of sp³-hybridized carbons (Fsp3) is 0.158. The number of carbonyl (C=O) groups excluding carboxylic acids is 1. The van der Waals surface area contributed by atoms with Crippen LogP contribution in [0.15, 0.2) is 67.0 Å². The second-order valence-electron chi connectivity index (χ2n) is 5.74. The highest BCUT2D eigenvalue weighted by molar-refractivity contribution is 5.94. The van der Waals surface area contributed by atoms with E-state index < -0.39 is 0 Å². The van der Waals surface area contributed by atoms with Gasteiger partial charge >= 0.3 is 0 Å². The van der Waals surface area contributed by atoms with Crippen molar-refractivity contribution < 1.29 is 4.79 Å². The number of benzene rings is 2. The van der Waals surface area contributed by atoms with Gasteiger partial charge < -0.3 is 10.2 Å². The van der Waals surface area contributed by atoms with Crippen LogP contribution >= 0.6 is 0 Å². The lowest BCUT2D eigenvalue weighted by Gasteiger charge is -2.13. The summed E-state index contributed by atoms with van der Waals surface area (Å²) in [6.45, 7) is 0.507. The first-order valence-electron chi connectivity index (χ1n) is 7.78. The Labute approximate surface area is 141 Å². The van der Waals surface area contributed by atoms with Crippen molar-refractivity contribution in [1.29, 1.82) is 0 Å². The zero-order valence-corrected chi connectivity index (χ0v) is 13.8. The maximum atomic E-state index is 12.2. The molecule has 0 aliphatic heterocycles. The maximum Gasteiger partial charge on any atom is 0.251 e. The van der Waals surface area contributed by atoms with Gasteiger partial charge in [-0.1, -0.05) is 12.1 Å². The Kier molecular flexibility index (Phi) is 4.61. The number of rotatable bonds is 5. The third-order valence-electron chi connectivity index (χ3n) is 3.80. The lowest BCUT2D eigenvalue weighted by Crippen LogP contribution is -2.22. The van der Waals surface area contributed by atoms with Crippen molar-refractivity contribution >= 4 is 11.6 Å². The van der Waals surface area contributed by atoms with Gasteiger partial charge in [0.2, 0.25) is 0 Å². The van der Waals surface area contributed by atoms with E-state index in [1.807, 2.05) is 79.8 Å². The highest BCUT2D eigenvalue weighted by Crippen LogP contribution is 2.12. The smallest absolute Gasteiger partial charge is 0.251 e. The van der Waals surface area contributed by atoms with Gasteiger partial charge in [-0.05, 0) is 48.0 Å². The quantitative estimate of drug-likeness (QED) is 0.786. The Morgan fingerprint density at radius 1 is 1.08 bits per heavy atom. The summed E-state index contributed by atoms with van der Waals surface area (Å²) in [4.78, 5) is 14.3. The predicted molar refractivity (Wildman–Crippen MR) is 95.5 cm³/mol. The number of nitrogens with zero attached hydrogens (tertiary/aromatic N) is 3. The molecule has 0 aliphatic carbocycles. The van der Waals surface area contributed by atoms with Gasteiger partial charge in [0, 0.05) is 44.3 Å². The van der Waals surface area contributed by atoms with E-state index in [9.17, 15) is 4.79 Å². The summed E-state index contributed by atoms with van der Waals surface area (Å²) >= 11 is 0. The molecule has 1 aromatic heterocycles. The predicted octanol–water partition coefficient (Wildman–Crippen LogP) is 2.87. The number of hydrogen-bond donors (Lipinski definition) is 1. The lowest BCUT2D eigenvalue weighted by molar-refractivity contribution is 0.0951. The Bertz CT molecular complexity index is 790. The van der Waals surface area contributed by atoms with Crippen molar-refractivity contribution in [2.24, 2.45) is 0 Å². The average Bonchev–Trinajstić information content (AvgIpc) is 3.15. The zero-order chi connectivity index (χ0) is 16.9. The Morgan fingerprint density at radius 3 is 2.38 bits per heavy atom. The molecular formula is C19H20N4O. The largest absolute Gasteiger partial charge is 0.378 e. The van der Waals surface area contributed by atoms with Crippen LogP contribution in [0.1, 0.15) is 15.9 Å². The first-order chi connectivity index (χ1) is 11.6. The molecule has 0 bridgehead atoms. The Hall–Kier alpha value is -3.08. The summed E-state index contributed by atoms with van der Waals surface area (Å²) in [5, 5.41) is 7.11. The molecule has 0 fully saturated rings. The molecule has 1 heterocycles. The average molecular weight is 320 g/mol. The molecule has 122 valence electrons. The van der Waals surface area contributed by atoms with Crippen LogP contribution in [0, 0.1) is 0 Å². The van der Waals surface area contributed by atoms with E-state index in [1.54, 1.807) is 10.9 Å². The van der Waals surface area contributed by atoms with Gasteiger partial charge in [0.1, 0.15) is 0 Å². The van der Waals surface area contributed by atoms with Crippen LogP contribution < -0.4 is 10.2 Å². The van der Waals surface area contributed by atoms with Crippen molar-refractivity contribution in [2.45, 2.75) is 6.54 Å². The van der Waals surface area contributed by atoms with Crippen LogP contribution in [-0.2, 0) is 6.54 Å². The molecule has 0 saturated heterocycles. The number of aromatic nitrogens is 2. The van der Waals surface area contributed by atoms with Crippen molar-refractivity contribution in [3.05, 3.63) is 78.1 Å². The van der Waals surface area contributed by atoms with Gasteiger partial charge in [-0.25, -0.2) is 4.68 Å². The highest BCUT2D eigenvalue weighted by Gasteiger charge is 2.06. The summed E-state index contributed by atoms with van der Waals surface area (Å²) in [7, 11) is 4.01. The normalized spacial score (nSPS) is 10.4. The number of amides is 1. The van der Waals surface area contributed by atoms with Gasteiger partial charge in [0.05, 0.1) is 5.69 Å². The zero-order valence-electron chi connectivity index (χ0n) is 13.8. The first kappa shape index (κ1) is 15.8. The standard InChI is InChI=1S/C19H20N4O/c1-22(2)17-8-4-15(5-9-17)14-20-19(24)16-6-10-18(11-7-16)23-13-3-12-21-23/h3-13H,14H2,1-2H3,(H,20,24). The Morgan fingerprint density at radius 2 is 1.79 bits per heavy atom. The van der Waals surface area contributed by atoms with Crippen LogP contribution in [0.3, 0.4) is 0 Å². The molecule has 3 rings (SSSR count). The first-order valence-corrected chi connectivity index (χ1v) is 7.78. The van der Waals surface area contributed by atoms with E-state index >= 15 is 0 Å². The summed E-state index contributed by atoms with van der Waals surface area (Å²) in [5.74, 6) is -0.0845. The molecule has 3 aromatic rings. The fourth-order valence-corrected chi connectivity index (χ4v) is 2.38. The molecule has 1 amide bonds. The SMILES string of the molecule is CN(C)c1ccc(CNC(=O)c2ccc(-n3cccn3)cc2)cc1. The monoisotopic (exact) mass is 320 g/mol. The Balaban J connectivity index is 1.60. The second kappa shape index (κ2) is 7.00.